The SMILES string of the molecule is CC1=C2CCCCCC2OC=N1. The third-order valence-electron chi connectivity index (χ3n) is 2.74. The average Bonchev–Trinajstić information content (AvgIpc) is 2.30. The van der Waals surface area contributed by atoms with Crippen molar-refractivity contribution in [3.05, 3.63) is 11.3 Å². The molecule has 0 radical (unpaired) electrons. The highest BCUT2D eigenvalue weighted by Gasteiger charge is 2.22. The Morgan fingerprint density at radius 1 is 1.42 bits per heavy atom. The fourth-order valence-electron chi connectivity index (χ4n) is 1.99. The Kier molecular flexibility index (Phi) is 2.15. The molecule has 0 aromatic carbocycles. The molecular formula is C10H15NO. The van der Waals surface area contributed by atoms with Crippen molar-refractivity contribution in [2.45, 2.75) is 45.1 Å². The van der Waals surface area contributed by atoms with E-state index in [1.54, 1.807) is 6.40 Å². The Morgan fingerprint density at radius 2 is 2.33 bits per heavy atom. The van der Waals surface area contributed by atoms with Crippen LogP contribution in [0.1, 0.15) is 39.0 Å². The van der Waals surface area contributed by atoms with E-state index in [0.717, 1.165) is 0 Å². The Balaban J connectivity index is 2.22. The van der Waals surface area contributed by atoms with Crippen LogP contribution >= 0.6 is 0 Å². The summed E-state index contributed by atoms with van der Waals surface area (Å²) in [4.78, 5) is 4.19. The Bertz CT molecular complexity index is 230. The summed E-state index contributed by atoms with van der Waals surface area (Å²) < 4.78 is 5.48. The molecule has 1 heterocycles. The van der Waals surface area contributed by atoms with Crippen LogP contribution in [0.5, 0.6) is 0 Å². The predicted molar refractivity (Wildman–Crippen MR) is 49.2 cm³/mol. The summed E-state index contributed by atoms with van der Waals surface area (Å²) in [5, 5.41) is 0. The third-order valence-corrected chi connectivity index (χ3v) is 2.74. The van der Waals surface area contributed by atoms with E-state index in [-0.39, 0.29) is 0 Å². The predicted octanol–water partition coefficient (Wildman–Crippen LogP) is 2.65. The van der Waals surface area contributed by atoms with E-state index >= 15 is 0 Å². The van der Waals surface area contributed by atoms with Crippen LogP contribution in [0.4, 0.5) is 0 Å². The highest BCUT2D eigenvalue weighted by atomic mass is 16.5. The summed E-state index contributed by atoms with van der Waals surface area (Å²) in [5.74, 6) is 0. The Labute approximate surface area is 73.3 Å². The van der Waals surface area contributed by atoms with E-state index in [4.69, 9.17) is 4.74 Å². The van der Waals surface area contributed by atoms with Gasteiger partial charge in [0.1, 0.15) is 6.10 Å². The monoisotopic (exact) mass is 165 g/mol. The second kappa shape index (κ2) is 3.30. The normalized spacial score (nSPS) is 29.2. The van der Waals surface area contributed by atoms with Crippen LogP contribution in [0.15, 0.2) is 16.3 Å². The standard InChI is InChI=1S/C10H15NO/c1-8-9-5-3-2-4-6-10(9)12-7-11-8/h7,10H,2-6H2,1H3. The van der Waals surface area contributed by atoms with Crippen LogP contribution < -0.4 is 0 Å². The topological polar surface area (TPSA) is 21.6 Å². The first kappa shape index (κ1) is 7.84. The van der Waals surface area contributed by atoms with Crippen LogP contribution in [-0.4, -0.2) is 12.5 Å². The first-order valence-electron chi connectivity index (χ1n) is 4.75. The van der Waals surface area contributed by atoms with E-state index in [9.17, 15) is 0 Å². The number of allylic oxidation sites excluding steroid dienone is 1. The van der Waals surface area contributed by atoms with Crippen molar-refractivity contribution in [3.8, 4) is 0 Å². The van der Waals surface area contributed by atoms with Gasteiger partial charge in [0, 0.05) is 5.70 Å². The van der Waals surface area contributed by atoms with Gasteiger partial charge in [0.05, 0.1) is 0 Å². The minimum absolute atomic E-state index is 0.352. The maximum atomic E-state index is 5.48. The molecule has 2 nitrogen and oxygen atoms in total. The lowest BCUT2D eigenvalue weighted by molar-refractivity contribution is 0.216. The molecule has 1 aliphatic heterocycles. The summed E-state index contributed by atoms with van der Waals surface area (Å²) in [6.45, 7) is 2.09. The van der Waals surface area contributed by atoms with Gasteiger partial charge in [-0.05, 0) is 38.2 Å². The zero-order valence-electron chi connectivity index (χ0n) is 7.55. The molecule has 2 heteroatoms. The molecule has 1 saturated carbocycles. The van der Waals surface area contributed by atoms with Gasteiger partial charge >= 0.3 is 0 Å². The van der Waals surface area contributed by atoms with Gasteiger partial charge in [-0.1, -0.05) is 6.42 Å². The van der Waals surface area contributed by atoms with Gasteiger partial charge in [-0.3, -0.25) is 0 Å². The Morgan fingerprint density at radius 3 is 3.25 bits per heavy atom. The molecule has 1 unspecified atom stereocenters. The van der Waals surface area contributed by atoms with Crippen LogP contribution in [-0.2, 0) is 4.74 Å². The molecule has 2 rings (SSSR count). The molecule has 2 aliphatic rings. The van der Waals surface area contributed by atoms with Crippen LogP contribution in [0.3, 0.4) is 0 Å². The minimum atomic E-state index is 0.352. The second-order valence-electron chi connectivity index (χ2n) is 3.57. The fraction of sp³-hybridized carbons (Fsp3) is 0.700. The van der Waals surface area contributed by atoms with Crippen molar-refractivity contribution >= 4 is 6.40 Å². The van der Waals surface area contributed by atoms with Gasteiger partial charge in [-0.2, -0.15) is 0 Å². The summed E-state index contributed by atoms with van der Waals surface area (Å²) in [7, 11) is 0. The lowest BCUT2D eigenvalue weighted by Crippen LogP contribution is -2.18. The molecule has 1 atom stereocenters. The summed E-state index contributed by atoms with van der Waals surface area (Å²) in [6, 6.07) is 0. The molecule has 1 aliphatic carbocycles. The summed E-state index contributed by atoms with van der Waals surface area (Å²) in [6.07, 6.45) is 8.28. The van der Waals surface area contributed by atoms with Gasteiger partial charge in [0.2, 0.25) is 0 Å². The van der Waals surface area contributed by atoms with Crippen molar-refractivity contribution in [1.29, 1.82) is 0 Å². The smallest absolute Gasteiger partial charge is 0.175 e. The Hall–Kier alpha value is -0.790. The van der Waals surface area contributed by atoms with E-state index in [0.29, 0.717) is 6.10 Å². The van der Waals surface area contributed by atoms with E-state index < -0.39 is 0 Å². The minimum Gasteiger partial charge on any atom is -0.476 e. The largest absolute Gasteiger partial charge is 0.476 e. The van der Waals surface area contributed by atoms with Crippen molar-refractivity contribution in [1.82, 2.24) is 0 Å². The number of rotatable bonds is 0. The van der Waals surface area contributed by atoms with Gasteiger partial charge < -0.3 is 4.74 Å². The van der Waals surface area contributed by atoms with Crippen LogP contribution in [0, 0.1) is 0 Å². The van der Waals surface area contributed by atoms with Gasteiger partial charge in [0.25, 0.3) is 0 Å². The average molecular weight is 165 g/mol. The molecule has 0 aromatic heterocycles. The molecule has 12 heavy (non-hydrogen) atoms. The molecule has 0 bridgehead atoms. The number of nitrogens with zero attached hydrogens (tertiary/aromatic N) is 1. The highest BCUT2D eigenvalue weighted by molar-refractivity contribution is 5.52. The van der Waals surface area contributed by atoms with E-state index in [2.05, 4.69) is 11.9 Å². The second-order valence-corrected chi connectivity index (χ2v) is 3.57. The molecular weight excluding hydrogens is 150 g/mol. The van der Waals surface area contributed by atoms with Gasteiger partial charge in [0.15, 0.2) is 6.40 Å². The van der Waals surface area contributed by atoms with Crippen LogP contribution in [0.2, 0.25) is 0 Å². The first-order valence-corrected chi connectivity index (χ1v) is 4.75. The van der Waals surface area contributed by atoms with E-state index in [1.165, 1.54) is 43.4 Å². The first-order chi connectivity index (χ1) is 5.88. The maximum absolute atomic E-state index is 5.48. The van der Waals surface area contributed by atoms with Crippen molar-refractivity contribution in [2.75, 3.05) is 0 Å². The molecule has 0 amide bonds. The number of ether oxygens (including phenoxy) is 1. The number of aliphatic imine (C=N–C) groups is 1. The van der Waals surface area contributed by atoms with Crippen molar-refractivity contribution in [2.24, 2.45) is 4.99 Å². The third kappa shape index (κ3) is 1.38. The highest BCUT2D eigenvalue weighted by Crippen LogP contribution is 2.29. The van der Waals surface area contributed by atoms with E-state index in [1.807, 2.05) is 0 Å². The number of fused-ring (bicyclic) bond motifs is 1. The number of hydrogen-bond acceptors (Lipinski definition) is 2. The van der Waals surface area contributed by atoms with Crippen LogP contribution in [0.25, 0.3) is 0 Å². The quantitative estimate of drug-likeness (QED) is 0.540. The maximum Gasteiger partial charge on any atom is 0.175 e. The molecule has 1 fully saturated rings. The molecule has 0 N–H and O–H groups in total. The summed E-state index contributed by atoms with van der Waals surface area (Å²) in [5.41, 5.74) is 2.63. The lowest BCUT2D eigenvalue weighted by Gasteiger charge is -2.21. The molecule has 0 spiro atoms. The lowest BCUT2D eigenvalue weighted by atomic mass is 10.0. The zero-order chi connectivity index (χ0) is 8.39. The number of hydrogen-bond donors (Lipinski definition) is 0. The molecule has 0 aromatic rings. The van der Waals surface area contributed by atoms with Crippen molar-refractivity contribution < 1.29 is 4.74 Å². The molecule has 0 saturated heterocycles. The molecule has 66 valence electrons. The summed E-state index contributed by atoms with van der Waals surface area (Å²) >= 11 is 0. The van der Waals surface area contributed by atoms with Gasteiger partial charge in [-0.15, -0.1) is 0 Å². The fourth-order valence-corrected chi connectivity index (χ4v) is 1.99. The van der Waals surface area contributed by atoms with Crippen molar-refractivity contribution in [3.63, 3.8) is 0 Å². The zero-order valence-corrected chi connectivity index (χ0v) is 7.55. The van der Waals surface area contributed by atoms with Gasteiger partial charge in [-0.25, -0.2) is 4.99 Å².